The van der Waals surface area contributed by atoms with Crippen LogP contribution in [0.15, 0.2) is 47.4 Å². The Bertz CT molecular complexity index is 1280. The predicted octanol–water partition coefficient (Wildman–Crippen LogP) is 6.53. The van der Waals surface area contributed by atoms with Crippen molar-refractivity contribution in [2.45, 2.75) is 39.1 Å². The topological polar surface area (TPSA) is 51.0 Å². The molecule has 0 aliphatic rings. The van der Waals surface area contributed by atoms with Gasteiger partial charge in [-0.1, -0.05) is 42.0 Å². The van der Waals surface area contributed by atoms with Gasteiger partial charge >= 0.3 is 0 Å². The van der Waals surface area contributed by atoms with E-state index in [1.165, 1.54) is 11.3 Å². The summed E-state index contributed by atoms with van der Waals surface area (Å²) < 4.78 is 2.92. The number of aromatic nitrogens is 3. The molecule has 32 heavy (non-hydrogen) atoms. The second-order valence-electron chi connectivity index (χ2n) is 7.60. The van der Waals surface area contributed by atoms with E-state index in [0.717, 1.165) is 37.8 Å². The summed E-state index contributed by atoms with van der Waals surface area (Å²) in [5.41, 5.74) is 4.62. The van der Waals surface area contributed by atoms with Crippen LogP contribution < -0.4 is 4.90 Å². The zero-order valence-electron chi connectivity index (χ0n) is 18.6. The minimum absolute atomic E-state index is 0.0501. The van der Waals surface area contributed by atoms with Crippen LogP contribution in [0.5, 0.6) is 0 Å². The van der Waals surface area contributed by atoms with Crippen molar-refractivity contribution in [2.75, 3.05) is 17.2 Å². The molecule has 0 radical (unpaired) electrons. The van der Waals surface area contributed by atoms with E-state index < -0.39 is 0 Å². The molecule has 0 fully saturated rings. The lowest BCUT2D eigenvalue weighted by molar-refractivity contribution is 0.0983. The van der Waals surface area contributed by atoms with E-state index >= 15 is 0 Å². The maximum absolute atomic E-state index is 13.8. The molecule has 4 rings (SSSR count). The van der Waals surface area contributed by atoms with E-state index in [2.05, 4.69) is 12.0 Å². The molecule has 1 amide bonds. The molecule has 0 saturated heterocycles. The van der Waals surface area contributed by atoms with Gasteiger partial charge in [-0.25, -0.2) is 4.98 Å². The van der Waals surface area contributed by atoms with Gasteiger partial charge in [-0.3, -0.25) is 14.4 Å². The number of carbonyl (C=O) groups excluding carboxylic acids is 1. The number of amides is 1. The van der Waals surface area contributed by atoms with Crippen molar-refractivity contribution in [3.63, 3.8) is 0 Å². The number of rotatable bonds is 7. The Morgan fingerprint density at radius 1 is 1.19 bits per heavy atom. The molecule has 5 nitrogen and oxygen atoms in total. The van der Waals surface area contributed by atoms with Gasteiger partial charge in [-0.05, 0) is 62.4 Å². The van der Waals surface area contributed by atoms with Gasteiger partial charge in [-0.2, -0.15) is 5.10 Å². The molecule has 0 aliphatic heterocycles. The number of aryl methyl sites for hydroxylation is 3. The van der Waals surface area contributed by atoms with E-state index in [9.17, 15) is 4.79 Å². The van der Waals surface area contributed by atoms with Crippen LogP contribution in [-0.2, 0) is 6.54 Å². The van der Waals surface area contributed by atoms with E-state index in [1.807, 2.05) is 67.9 Å². The molecule has 166 valence electrons. The lowest BCUT2D eigenvalue weighted by atomic mass is 10.2. The number of anilines is 1. The Labute approximate surface area is 201 Å². The van der Waals surface area contributed by atoms with Crippen molar-refractivity contribution in [3.8, 4) is 0 Å². The Hall–Kier alpha value is -2.35. The van der Waals surface area contributed by atoms with Crippen LogP contribution in [0.2, 0.25) is 5.02 Å². The maximum Gasteiger partial charge on any atom is 0.261 e. The van der Waals surface area contributed by atoms with Crippen LogP contribution in [0.25, 0.3) is 10.2 Å². The van der Waals surface area contributed by atoms with Crippen molar-refractivity contribution in [1.29, 1.82) is 0 Å². The van der Waals surface area contributed by atoms with Crippen LogP contribution >= 0.6 is 34.7 Å². The minimum atomic E-state index is -0.0501. The summed E-state index contributed by atoms with van der Waals surface area (Å²) in [5, 5.41) is 5.91. The monoisotopic (exact) mass is 484 g/mol. The molecule has 0 bridgehead atoms. The molecule has 4 aromatic rings. The van der Waals surface area contributed by atoms with Crippen LogP contribution in [-0.4, -0.2) is 33.0 Å². The molecular weight excluding hydrogens is 460 g/mol. The fraction of sp³-hybridized carbons (Fsp3) is 0.292. The van der Waals surface area contributed by atoms with Crippen molar-refractivity contribution < 1.29 is 4.79 Å². The van der Waals surface area contributed by atoms with Gasteiger partial charge in [0.15, 0.2) is 5.13 Å². The highest BCUT2D eigenvalue weighted by Crippen LogP contribution is 2.34. The Balaban J connectivity index is 1.75. The summed E-state index contributed by atoms with van der Waals surface area (Å²) in [4.78, 5) is 21.4. The summed E-state index contributed by atoms with van der Waals surface area (Å²) >= 11 is 9.44. The summed E-state index contributed by atoms with van der Waals surface area (Å²) in [7, 11) is 0. The summed E-state index contributed by atoms with van der Waals surface area (Å²) in [6.45, 7) is 9.15. The highest BCUT2D eigenvalue weighted by atomic mass is 35.5. The third kappa shape index (κ3) is 4.70. The van der Waals surface area contributed by atoms with E-state index in [4.69, 9.17) is 16.6 Å². The number of benzene rings is 2. The predicted molar refractivity (Wildman–Crippen MR) is 136 cm³/mol. The molecule has 0 aliphatic carbocycles. The fourth-order valence-corrected chi connectivity index (χ4v) is 5.95. The number of hydrogen-bond acceptors (Lipinski definition) is 5. The molecular formula is C24H25ClN4OS2. The molecule has 2 heterocycles. The average Bonchev–Trinajstić information content (AvgIpc) is 3.31. The number of hydrogen-bond donors (Lipinski definition) is 0. The molecule has 0 saturated carbocycles. The third-order valence-electron chi connectivity index (χ3n) is 5.17. The average molecular weight is 485 g/mol. The molecule has 0 unspecified atom stereocenters. The summed E-state index contributed by atoms with van der Waals surface area (Å²) in [6.07, 6.45) is 0. The molecule has 2 aromatic carbocycles. The highest BCUT2D eigenvalue weighted by molar-refractivity contribution is 7.99. The first-order valence-electron chi connectivity index (χ1n) is 10.5. The molecule has 2 aromatic heterocycles. The van der Waals surface area contributed by atoms with Crippen LogP contribution in [0, 0.1) is 20.8 Å². The first-order chi connectivity index (χ1) is 15.4. The van der Waals surface area contributed by atoms with Gasteiger partial charge in [-0.15, -0.1) is 11.8 Å². The Kier molecular flexibility index (Phi) is 6.88. The van der Waals surface area contributed by atoms with Crippen LogP contribution in [0.3, 0.4) is 0 Å². The van der Waals surface area contributed by atoms with Crippen molar-refractivity contribution in [2.24, 2.45) is 0 Å². The zero-order chi connectivity index (χ0) is 22.8. The van der Waals surface area contributed by atoms with Gasteiger partial charge in [0.05, 0.1) is 28.0 Å². The van der Waals surface area contributed by atoms with Gasteiger partial charge < -0.3 is 0 Å². The zero-order valence-corrected chi connectivity index (χ0v) is 20.9. The number of thiazole rings is 1. The van der Waals surface area contributed by atoms with Gasteiger partial charge in [0.2, 0.25) is 0 Å². The van der Waals surface area contributed by atoms with Crippen molar-refractivity contribution in [3.05, 3.63) is 70.0 Å². The van der Waals surface area contributed by atoms with Gasteiger partial charge in [0.25, 0.3) is 5.91 Å². The minimum Gasteiger partial charge on any atom is -0.282 e. The van der Waals surface area contributed by atoms with E-state index in [0.29, 0.717) is 28.8 Å². The lowest BCUT2D eigenvalue weighted by Gasteiger charge is -2.21. The SMILES string of the molecule is CCSc1ccccc1C(=O)N(CCn1nc(C)cc1C)c1nc2c(C)cc(Cl)cc2s1. The second kappa shape index (κ2) is 9.65. The van der Waals surface area contributed by atoms with E-state index in [-0.39, 0.29) is 5.91 Å². The van der Waals surface area contributed by atoms with Crippen molar-refractivity contribution in [1.82, 2.24) is 14.8 Å². The van der Waals surface area contributed by atoms with Crippen molar-refractivity contribution >= 4 is 56.0 Å². The summed E-state index contributed by atoms with van der Waals surface area (Å²) in [6, 6.07) is 13.6. The number of fused-ring (bicyclic) bond motifs is 1. The van der Waals surface area contributed by atoms with E-state index in [1.54, 1.807) is 16.7 Å². The molecule has 8 heteroatoms. The normalized spacial score (nSPS) is 11.3. The lowest BCUT2D eigenvalue weighted by Crippen LogP contribution is -2.34. The Morgan fingerprint density at radius 2 is 1.97 bits per heavy atom. The maximum atomic E-state index is 13.8. The first kappa shape index (κ1) is 22.8. The summed E-state index contributed by atoms with van der Waals surface area (Å²) in [5.74, 6) is 0.848. The largest absolute Gasteiger partial charge is 0.282 e. The number of halogens is 1. The Morgan fingerprint density at radius 3 is 2.69 bits per heavy atom. The highest BCUT2D eigenvalue weighted by Gasteiger charge is 2.24. The quantitative estimate of drug-likeness (QED) is 0.280. The number of carbonyl (C=O) groups is 1. The number of nitrogens with zero attached hydrogens (tertiary/aromatic N) is 4. The standard InChI is InChI=1S/C24H25ClN4OS2/c1-5-31-20-9-7-6-8-19(20)23(30)28(10-11-29-17(4)13-16(3)27-29)24-26-22-15(2)12-18(25)14-21(22)32-24/h6-9,12-14H,5,10-11H2,1-4H3. The smallest absolute Gasteiger partial charge is 0.261 e. The van der Waals surface area contributed by atoms with Crippen LogP contribution in [0.1, 0.15) is 34.2 Å². The molecule has 0 spiro atoms. The third-order valence-corrected chi connectivity index (χ3v) is 7.37. The fourth-order valence-electron chi connectivity index (χ4n) is 3.71. The first-order valence-corrected chi connectivity index (χ1v) is 12.7. The van der Waals surface area contributed by atoms with Crippen LogP contribution in [0.4, 0.5) is 5.13 Å². The molecule has 0 atom stereocenters. The number of thioether (sulfide) groups is 1. The molecule has 0 N–H and O–H groups in total. The second-order valence-corrected chi connectivity index (χ2v) is 10.4. The van der Waals surface area contributed by atoms with Gasteiger partial charge in [0, 0.05) is 22.2 Å². The van der Waals surface area contributed by atoms with Gasteiger partial charge in [0.1, 0.15) is 0 Å².